The van der Waals surface area contributed by atoms with Crippen LogP contribution in [0.15, 0.2) is 24.3 Å². The van der Waals surface area contributed by atoms with Gasteiger partial charge in [-0.15, -0.1) is 0 Å². The lowest BCUT2D eigenvalue weighted by Crippen LogP contribution is -2.62. The molecule has 1 aromatic carbocycles. The number of primary amides is 2. The summed E-state index contributed by atoms with van der Waals surface area (Å²) < 4.78 is 15.5. The van der Waals surface area contributed by atoms with Crippen molar-refractivity contribution in [3.8, 4) is 11.3 Å². The molecule has 4 aliphatic rings. The van der Waals surface area contributed by atoms with E-state index in [0.29, 0.717) is 36.0 Å². The van der Waals surface area contributed by atoms with E-state index in [-0.39, 0.29) is 17.0 Å². The first-order valence-corrected chi connectivity index (χ1v) is 9.12. The van der Waals surface area contributed by atoms with E-state index in [9.17, 15) is 14.0 Å². The van der Waals surface area contributed by atoms with E-state index >= 15 is 0 Å². The van der Waals surface area contributed by atoms with Gasteiger partial charge in [0.25, 0.3) is 5.91 Å². The van der Waals surface area contributed by atoms with Crippen molar-refractivity contribution in [1.29, 1.82) is 0 Å². The average molecular weight is 369 g/mol. The number of benzene rings is 1. The molecule has 0 saturated heterocycles. The normalized spacial score (nSPS) is 28.1. The Kier molecular flexibility index (Phi) is 3.20. The van der Waals surface area contributed by atoms with Crippen LogP contribution in [0.3, 0.4) is 0 Å². The number of urea groups is 1. The SMILES string of the molecule is NC(=O)c1c(-c2cccc(F)c2)nn2c1C(C13CC(C1)C3)N(C(N)=O)CC2. The predicted molar refractivity (Wildman–Crippen MR) is 94.9 cm³/mol. The van der Waals surface area contributed by atoms with Crippen LogP contribution in [0, 0.1) is 17.2 Å². The smallest absolute Gasteiger partial charge is 0.315 e. The molecule has 2 aromatic rings. The highest BCUT2D eigenvalue weighted by Gasteiger charge is 2.64. The van der Waals surface area contributed by atoms with Crippen molar-refractivity contribution < 1.29 is 14.0 Å². The maximum absolute atomic E-state index is 13.8. The van der Waals surface area contributed by atoms with Crippen LogP contribution in [-0.2, 0) is 6.54 Å². The number of nitrogens with zero attached hydrogens (tertiary/aromatic N) is 3. The molecule has 1 aromatic heterocycles. The van der Waals surface area contributed by atoms with E-state index < -0.39 is 17.8 Å². The number of carbonyl (C=O) groups excluding carboxylic acids is 2. The van der Waals surface area contributed by atoms with Crippen LogP contribution in [0.4, 0.5) is 9.18 Å². The van der Waals surface area contributed by atoms with Crippen LogP contribution in [-0.4, -0.2) is 33.2 Å². The number of aromatic nitrogens is 2. The molecule has 3 saturated carbocycles. The maximum atomic E-state index is 13.8. The zero-order chi connectivity index (χ0) is 18.9. The molecule has 0 radical (unpaired) electrons. The minimum absolute atomic E-state index is 0.0543. The third-order valence-corrected chi connectivity index (χ3v) is 6.41. The van der Waals surface area contributed by atoms with Gasteiger partial charge in [0.15, 0.2) is 0 Å². The number of hydrogen-bond acceptors (Lipinski definition) is 3. The maximum Gasteiger partial charge on any atom is 0.315 e. The summed E-state index contributed by atoms with van der Waals surface area (Å²) in [5.41, 5.74) is 13.1. The predicted octanol–water partition coefficient (Wildman–Crippen LogP) is 2.02. The van der Waals surface area contributed by atoms with Gasteiger partial charge < -0.3 is 16.4 Å². The monoisotopic (exact) mass is 369 g/mol. The quantitative estimate of drug-likeness (QED) is 0.864. The first kappa shape index (κ1) is 16.3. The number of rotatable bonds is 3. The summed E-state index contributed by atoms with van der Waals surface area (Å²) in [5, 5.41) is 4.59. The van der Waals surface area contributed by atoms with E-state index in [4.69, 9.17) is 11.5 Å². The molecule has 3 aliphatic carbocycles. The van der Waals surface area contributed by atoms with Crippen molar-refractivity contribution in [1.82, 2.24) is 14.7 Å². The van der Waals surface area contributed by atoms with Crippen molar-refractivity contribution in [3.05, 3.63) is 41.3 Å². The zero-order valence-corrected chi connectivity index (χ0v) is 14.7. The molecular weight excluding hydrogens is 349 g/mol. The number of fused-ring (bicyclic) bond motifs is 1. The molecule has 1 aliphatic heterocycles. The molecule has 27 heavy (non-hydrogen) atoms. The van der Waals surface area contributed by atoms with Crippen molar-refractivity contribution in [2.75, 3.05) is 6.54 Å². The highest BCUT2D eigenvalue weighted by Crippen LogP contribution is 2.71. The second-order valence-corrected chi connectivity index (χ2v) is 7.98. The average Bonchev–Trinajstić information content (AvgIpc) is 2.92. The molecule has 2 heterocycles. The van der Waals surface area contributed by atoms with Gasteiger partial charge in [-0.3, -0.25) is 9.48 Å². The summed E-state index contributed by atoms with van der Waals surface area (Å²) in [6, 6.07) is 5.13. The van der Waals surface area contributed by atoms with Crippen LogP contribution in [0.1, 0.15) is 41.4 Å². The van der Waals surface area contributed by atoms with Crippen molar-refractivity contribution in [3.63, 3.8) is 0 Å². The van der Waals surface area contributed by atoms with Crippen LogP contribution in [0.2, 0.25) is 0 Å². The molecule has 6 rings (SSSR count). The molecule has 3 amide bonds. The molecule has 3 fully saturated rings. The van der Waals surface area contributed by atoms with Crippen LogP contribution >= 0.6 is 0 Å². The number of nitrogens with two attached hydrogens (primary N) is 2. The van der Waals surface area contributed by atoms with E-state index in [1.165, 1.54) is 12.1 Å². The second kappa shape index (κ2) is 5.31. The first-order valence-electron chi connectivity index (χ1n) is 9.12. The molecule has 8 heteroatoms. The van der Waals surface area contributed by atoms with Crippen LogP contribution in [0.25, 0.3) is 11.3 Å². The molecular formula is C19H20FN5O2. The Bertz CT molecular complexity index is 967. The fourth-order valence-electron chi connectivity index (χ4n) is 5.22. The van der Waals surface area contributed by atoms with E-state index in [1.807, 2.05) is 0 Å². The third-order valence-electron chi connectivity index (χ3n) is 6.41. The lowest BCUT2D eigenvalue weighted by molar-refractivity contribution is -0.162. The van der Waals surface area contributed by atoms with Crippen LogP contribution in [0.5, 0.6) is 0 Å². The number of halogens is 1. The summed E-state index contributed by atoms with van der Waals surface area (Å²) in [6.45, 7) is 0.853. The van der Waals surface area contributed by atoms with Gasteiger partial charge in [0.1, 0.15) is 11.5 Å². The van der Waals surface area contributed by atoms with Crippen LogP contribution < -0.4 is 11.5 Å². The Balaban J connectivity index is 1.72. The highest BCUT2D eigenvalue weighted by atomic mass is 19.1. The molecule has 1 unspecified atom stereocenters. The van der Waals surface area contributed by atoms with Gasteiger partial charge in [0.2, 0.25) is 0 Å². The fraction of sp³-hybridized carbons (Fsp3) is 0.421. The summed E-state index contributed by atoms with van der Waals surface area (Å²) in [4.78, 5) is 26.2. The molecule has 0 spiro atoms. The minimum Gasteiger partial charge on any atom is -0.365 e. The number of hydrogen-bond donors (Lipinski definition) is 2. The third kappa shape index (κ3) is 2.15. The van der Waals surface area contributed by atoms with Gasteiger partial charge in [-0.1, -0.05) is 12.1 Å². The summed E-state index contributed by atoms with van der Waals surface area (Å²) in [6.07, 6.45) is 3.04. The van der Waals surface area contributed by atoms with Gasteiger partial charge in [-0.05, 0) is 42.7 Å². The Morgan fingerprint density at radius 1 is 1.19 bits per heavy atom. The van der Waals surface area contributed by atoms with Gasteiger partial charge in [0.05, 0.1) is 23.8 Å². The van der Waals surface area contributed by atoms with Gasteiger partial charge in [-0.25, -0.2) is 9.18 Å². The topological polar surface area (TPSA) is 107 Å². The molecule has 4 N–H and O–H groups in total. The van der Waals surface area contributed by atoms with E-state index in [1.54, 1.807) is 21.7 Å². The van der Waals surface area contributed by atoms with E-state index in [0.717, 1.165) is 19.3 Å². The fourth-order valence-corrected chi connectivity index (χ4v) is 5.22. The van der Waals surface area contributed by atoms with Crippen molar-refractivity contribution in [2.45, 2.75) is 31.8 Å². The number of carbonyl (C=O) groups is 2. The van der Waals surface area contributed by atoms with Gasteiger partial charge >= 0.3 is 6.03 Å². The molecule has 140 valence electrons. The molecule has 1 atom stereocenters. The van der Waals surface area contributed by atoms with Crippen molar-refractivity contribution >= 4 is 11.9 Å². The Hall–Kier alpha value is -2.90. The van der Waals surface area contributed by atoms with E-state index in [2.05, 4.69) is 5.10 Å². The Morgan fingerprint density at radius 3 is 2.48 bits per heavy atom. The highest BCUT2D eigenvalue weighted by molar-refractivity contribution is 6.00. The lowest BCUT2D eigenvalue weighted by Gasteiger charge is -2.67. The van der Waals surface area contributed by atoms with Gasteiger partial charge in [0, 0.05) is 12.1 Å². The van der Waals surface area contributed by atoms with Crippen molar-refractivity contribution in [2.24, 2.45) is 22.8 Å². The Morgan fingerprint density at radius 2 is 1.93 bits per heavy atom. The standard InChI is InChI=1S/C19H20FN5O2/c20-12-3-1-2-11(6-12)14-13(17(21)26)15-16(19-7-10(8-19)9-19)24(18(22)27)4-5-25(15)23-14/h1-3,6,10,16H,4-5,7-9H2,(H2,21,26)(H2,22,27). The summed E-state index contributed by atoms with van der Waals surface area (Å²) in [5.74, 6) is -0.347. The largest absolute Gasteiger partial charge is 0.365 e. The number of amides is 3. The second-order valence-electron chi connectivity index (χ2n) is 7.98. The Labute approximate surface area is 155 Å². The lowest BCUT2D eigenvalue weighted by atomic mass is 9.41. The molecule has 2 bridgehead atoms. The first-order chi connectivity index (χ1) is 12.9. The minimum atomic E-state index is -0.626. The zero-order valence-electron chi connectivity index (χ0n) is 14.7. The summed E-state index contributed by atoms with van der Waals surface area (Å²) in [7, 11) is 0. The van der Waals surface area contributed by atoms with Gasteiger partial charge in [-0.2, -0.15) is 5.10 Å². The molecule has 7 nitrogen and oxygen atoms in total. The summed E-state index contributed by atoms with van der Waals surface area (Å²) >= 11 is 0.